The molecule has 0 N–H and O–H groups in total. The molecule has 4 heteroatoms. The summed E-state index contributed by atoms with van der Waals surface area (Å²) in [7, 11) is 0. The van der Waals surface area contributed by atoms with Gasteiger partial charge in [-0.1, -0.05) is 12.5 Å². The van der Waals surface area contributed by atoms with Gasteiger partial charge in [0, 0.05) is 25.3 Å². The molecule has 21 heavy (non-hydrogen) atoms. The largest absolute Gasteiger partial charge is 0.375 e. The van der Waals surface area contributed by atoms with Gasteiger partial charge in [-0.3, -0.25) is 0 Å². The highest BCUT2D eigenvalue weighted by molar-refractivity contribution is 5.40. The van der Waals surface area contributed by atoms with Gasteiger partial charge >= 0.3 is 0 Å². The van der Waals surface area contributed by atoms with E-state index < -0.39 is 0 Å². The number of piperidine rings is 1. The van der Waals surface area contributed by atoms with Crippen LogP contribution in [0.5, 0.6) is 0 Å². The molecule has 2 fully saturated rings. The monoisotopic (exact) mass is 289 g/mol. The van der Waals surface area contributed by atoms with Gasteiger partial charge in [0.15, 0.2) is 0 Å². The van der Waals surface area contributed by atoms with Crippen LogP contribution in [-0.2, 0) is 4.74 Å². The van der Waals surface area contributed by atoms with Gasteiger partial charge < -0.3 is 14.5 Å². The van der Waals surface area contributed by atoms with Crippen LogP contribution in [0.25, 0.3) is 0 Å². The van der Waals surface area contributed by atoms with Crippen LogP contribution in [0.1, 0.15) is 31.4 Å². The van der Waals surface area contributed by atoms with Crippen LogP contribution in [0.2, 0.25) is 0 Å². The number of likely N-dealkylation sites (tertiary alicyclic amines) is 1. The van der Waals surface area contributed by atoms with Crippen molar-refractivity contribution in [1.82, 2.24) is 9.88 Å². The second-order valence-electron chi connectivity index (χ2n) is 6.27. The average Bonchev–Trinajstić information content (AvgIpc) is 2.97. The molecule has 1 aromatic rings. The molecule has 2 saturated heterocycles. The number of anilines is 1. The molecule has 1 aromatic heterocycles. The van der Waals surface area contributed by atoms with Crippen LogP contribution in [0.15, 0.2) is 18.2 Å². The number of nitrogens with zero attached hydrogens (tertiary/aromatic N) is 3. The molecule has 2 aliphatic heterocycles. The Morgan fingerprint density at radius 1 is 1.19 bits per heavy atom. The van der Waals surface area contributed by atoms with Crippen molar-refractivity contribution < 1.29 is 4.74 Å². The third-order valence-corrected chi connectivity index (χ3v) is 4.55. The first-order valence-electron chi connectivity index (χ1n) is 8.34. The Labute approximate surface area is 128 Å². The van der Waals surface area contributed by atoms with E-state index in [2.05, 4.69) is 26.9 Å². The normalized spacial score (nSPS) is 23.7. The van der Waals surface area contributed by atoms with Gasteiger partial charge in [0.2, 0.25) is 0 Å². The minimum atomic E-state index is 0.372. The van der Waals surface area contributed by atoms with E-state index in [1.54, 1.807) is 0 Å². The van der Waals surface area contributed by atoms with E-state index in [1.807, 2.05) is 13.0 Å². The Bertz CT molecular complexity index is 445. The quantitative estimate of drug-likeness (QED) is 0.832. The zero-order chi connectivity index (χ0) is 14.5. The van der Waals surface area contributed by atoms with Crippen molar-refractivity contribution in [3.63, 3.8) is 0 Å². The van der Waals surface area contributed by atoms with Gasteiger partial charge in [-0.15, -0.1) is 0 Å². The average molecular weight is 289 g/mol. The molecule has 3 rings (SSSR count). The van der Waals surface area contributed by atoms with Gasteiger partial charge in [-0.2, -0.15) is 0 Å². The van der Waals surface area contributed by atoms with Crippen molar-refractivity contribution in [3.05, 3.63) is 23.9 Å². The number of hydrogen-bond acceptors (Lipinski definition) is 4. The summed E-state index contributed by atoms with van der Waals surface area (Å²) in [6, 6.07) is 6.23. The predicted octanol–water partition coefficient (Wildman–Crippen LogP) is 2.47. The zero-order valence-electron chi connectivity index (χ0n) is 13.1. The van der Waals surface area contributed by atoms with Gasteiger partial charge in [0.25, 0.3) is 0 Å². The molecule has 0 saturated carbocycles. The van der Waals surface area contributed by atoms with Crippen LogP contribution in [-0.4, -0.2) is 55.3 Å². The summed E-state index contributed by atoms with van der Waals surface area (Å²) in [6.45, 7) is 8.58. The number of rotatable bonds is 5. The summed E-state index contributed by atoms with van der Waals surface area (Å²) in [4.78, 5) is 9.49. The van der Waals surface area contributed by atoms with Crippen molar-refractivity contribution in [2.24, 2.45) is 0 Å². The molecule has 2 aliphatic rings. The van der Waals surface area contributed by atoms with E-state index >= 15 is 0 Å². The second-order valence-corrected chi connectivity index (χ2v) is 6.27. The summed E-state index contributed by atoms with van der Waals surface area (Å²) in [5, 5.41) is 0. The number of aromatic nitrogens is 1. The first-order valence-corrected chi connectivity index (χ1v) is 8.34. The van der Waals surface area contributed by atoms with Crippen molar-refractivity contribution >= 4 is 5.82 Å². The fourth-order valence-electron chi connectivity index (χ4n) is 3.31. The lowest BCUT2D eigenvalue weighted by Gasteiger charge is -2.26. The molecule has 3 heterocycles. The van der Waals surface area contributed by atoms with Crippen molar-refractivity contribution in [1.29, 1.82) is 0 Å². The standard InChI is InChI=1S/C17H27N3O/c1-15-6-5-7-17(18-15)20-11-8-16(14-20)21-13-12-19-9-3-2-4-10-19/h5-7,16H,2-4,8-14H2,1H3. The summed E-state index contributed by atoms with van der Waals surface area (Å²) in [5.41, 5.74) is 1.09. The third-order valence-electron chi connectivity index (χ3n) is 4.55. The summed E-state index contributed by atoms with van der Waals surface area (Å²) in [5.74, 6) is 1.09. The highest BCUT2D eigenvalue weighted by atomic mass is 16.5. The van der Waals surface area contributed by atoms with Crippen molar-refractivity contribution in [2.75, 3.05) is 44.2 Å². The molecule has 0 aliphatic carbocycles. The van der Waals surface area contributed by atoms with Crippen LogP contribution in [0, 0.1) is 6.92 Å². The Morgan fingerprint density at radius 3 is 2.86 bits per heavy atom. The lowest BCUT2D eigenvalue weighted by Crippen LogP contribution is -2.34. The second kappa shape index (κ2) is 7.23. The van der Waals surface area contributed by atoms with E-state index in [9.17, 15) is 0 Å². The maximum absolute atomic E-state index is 6.08. The molecule has 0 amide bonds. The summed E-state index contributed by atoms with van der Waals surface area (Å²) in [6.07, 6.45) is 5.61. The summed E-state index contributed by atoms with van der Waals surface area (Å²) >= 11 is 0. The summed E-state index contributed by atoms with van der Waals surface area (Å²) < 4.78 is 6.08. The number of hydrogen-bond donors (Lipinski definition) is 0. The Kier molecular flexibility index (Phi) is 5.09. The molecular weight excluding hydrogens is 262 g/mol. The first-order chi connectivity index (χ1) is 10.3. The Morgan fingerprint density at radius 2 is 2.05 bits per heavy atom. The Hall–Kier alpha value is -1.13. The maximum Gasteiger partial charge on any atom is 0.128 e. The van der Waals surface area contributed by atoms with Gasteiger partial charge in [0.05, 0.1) is 12.7 Å². The number of pyridine rings is 1. The third kappa shape index (κ3) is 4.17. The molecule has 1 unspecified atom stereocenters. The number of aryl methyl sites for hydroxylation is 1. The van der Waals surface area contributed by atoms with E-state index in [4.69, 9.17) is 4.74 Å². The minimum Gasteiger partial charge on any atom is -0.375 e. The van der Waals surface area contributed by atoms with Crippen molar-refractivity contribution in [3.8, 4) is 0 Å². The predicted molar refractivity (Wildman–Crippen MR) is 85.8 cm³/mol. The van der Waals surface area contributed by atoms with Crippen molar-refractivity contribution in [2.45, 2.75) is 38.7 Å². The SMILES string of the molecule is Cc1cccc(N2CCC(OCCN3CCCCC3)C2)n1. The fraction of sp³-hybridized carbons (Fsp3) is 0.706. The van der Waals surface area contributed by atoms with E-state index in [0.29, 0.717) is 6.10 Å². The minimum absolute atomic E-state index is 0.372. The number of ether oxygens (including phenoxy) is 1. The first kappa shape index (κ1) is 14.8. The maximum atomic E-state index is 6.08. The highest BCUT2D eigenvalue weighted by Gasteiger charge is 2.24. The lowest BCUT2D eigenvalue weighted by molar-refractivity contribution is 0.0467. The smallest absolute Gasteiger partial charge is 0.128 e. The van der Waals surface area contributed by atoms with Gasteiger partial charge in [-0.05, 0) is 51.4 Å². The Balaban J connectivity index is 1.40. The van der Waals surface area contributed by atoms with E-state index in [-0.39, 0.29) is 0 Å². The molecule has 1 atom stereocenters. The molecule has 0 radical (unpaired) electrons. The van der Waals surface area contributed by atoms with Crippen LogP contribution in [0.3, 0.4) is 0 Å². The van der Waals surface area contributed by atoms with E-state index in [0.717, 1.165) is 44.2 Å². The lowest BCUT2D eigenvalue weighted by atomic mass is 10.1. The van der Waals surface area contributed by atoms with Crippen LogP contribution >= 0.6 is 0 Å². The molecule has 0 aromatic carbocycles. The van der Waals surface area contributed by atoms with Crippen LogP contribution in [0.4, 0.5) is 5.82 Å². The molecular formula is C17H27N3O. The fourth-order valence-corrected chi connectivity index (χ4v) is 3.31. The zero-order valence-corrected chi connectivity index (χ0v) is 13.1. The topological polar surface area (TPSA) is 28.6 Å². The molecule has 4 nitrogen and oxygen atoms in total. The van der Waals surface area contributed by atoms with Gasteiger partial charge in [-0.25, -0.2) is 4.98 Å². The van der Waals surface area contributed by atoms with Gasteiger partial charge in [0.1, 0.15) is 5.82 Å². The van der Waals surface area contributed by atoms with E-state index in [1.165, 1.54) is 32.4 Å². The molecule has 116 valence electrons. The molecule has 0 bridgehead atoms. The van der Waals surface area contributed by atoms with Crippen LogP contribution < -0.4 is 4.90 Å². The highest BCUT2D eigenvalue weighted by Crippen LogP contribution is 2.20. The molecule has 0 spiro atoms.